The van der Waals surface area contributed by atoms with E-state index in [-0.39, 0.29) is 6.61 Å². The third kappa shape index (κ3) is 1.84. The van der Waals surface area contributed by atoms with Crippen molar-refractivity contribution < 1.29 is 5.11 Å². The fraction of sp³-hybridized carbons (Fsp3) is 0.200. The summed E-state index contributed by atoms with van der Waals surface area (Å²) in [5.41, 5.74) is 1.49. The van der Waals surface area contributed by atoms with Gasteiger partial charge in [-0.25, -0.2) is 4.68 Å². The largest absolute Gasteiger partial charge is 0.390 e. The quantitative estimate of drug-likeness (QED) is 0.799. The van der Waals surface area contributed by atoms with Gasteiger partial charge in [-0.05, 0) is 11.4 Å². The molecule has 0 aliphatic carbocycles. The van der Waals surface area contributed by atoms with Crippen LogP contribution in [0.1, 0.15) is 5.69 Å². The van der Waals surface area contributed by atoms with Gasteiger partial charge in [0, 0.05) is 0 Å². The number of hydrogen-bond acceptors (Lipinski definition) is 4. The van der Waals surface area contributed by atoms with Crippen LogP contribution >= 0.6 is 11.3 Å². The van der Waals surface area contributed by atoms with Crippen LogP contribution < -0.4 is 0 Å². The van der Waals surface area contributed by atoms with Crippen molar-refractivity contribution in [2.24, 2.45) is 0 Å². The van der Waals surface area contributed by atoms with Gasteiger partial charge in [0.25, 0.3) is 0 Å². The minimum absolute atomic E-state index is 0.0929. The van der Waals surface area contributed by atoms with E-state index in [1.807, 2.05) is 17.5 Å². The summed E-state index contributed by atoms with van der Waals surface area (Å²) >= 11 is 1.60. The highest BCUT2D eigenvalue weighted by atomic mass is 32.1. The number of rotatable bonds is 4. The van der Waals surface area contributed by atoms with Crippen LogP contribution in [0, 0.1) is 0 Å². The lowest BCUT2D eigenvalue weighted by atomic mass is 10.3. The van der Waals surface area contributed by atoms with Gasteiger partial charge in [-0.3, -0.25) is 0 Å². The second-order valence-corrected chi connectivity index (χ2v) is 3.94. The molecular formula is C10H11N3OS. The van der Waals surface area contributed by atoms with Crippen molar-refractivity contribution in [2.75, 3.05) is 0 Å². The molecule has 2 aromatic rings. The Hall–Kier alpha value is -1.46. The van der Waals surface area contributed by atoms with Crippen molar-refractivity contribution in [1.82, 2.24) is 15.0 Å². The molecule has 0 spiro atoms. The molecule has 4 nitrogen and oxygen atoms in total. The smallest absolute Gasteiger partial charge is 0.117 e. The monoisotopic (exact) mass is 221 g/mol. The normalized spacial score (nSPS) is 10.5. The van der Waals surface area contributed by atoms with Gasteiger partial charge in [-0.15, -0.1) is 23.0 Å². The summed E-state index contributed by atoms with van der Waals surface area (Å²) in [6, 6.07) is 3.95. The van der Waals surface area contributed by atoms with E-state index in [1.54, 1.807) is 22.1 Å². The molecule has 2 heterocycles. The summed E-state index contributed by atoms with van der Waals surface area (Å²) in [6.45, 7) is 4.17. The molecule has 0 aliphatic heterocycles. The zero-order chi connectivity index (χ0) is 10.7. The predicted octanol–water partition coefficient (Wildman–Crippen LogP) is 1.68. The molecule has 0 unspecified atom stereocenters. The number of aliphatic hydroxyl groups excluding tert-OH is 1. The number of aliphatic hydroxyl groups is 1. The lowest BCUT2D eigenvalue weighted by Crippen LogP contribution is -2.00. The Morgan fingerprint density at radius 1 is 1.60 bits per heavy atom. The van der Waals surface area contributed by atoms with Crippen LogP contribution in [-0.4, -0.2) is 20.1 Å². The van der Waals surface area contributed by atoms with Crippen molar-refractivity contribution in [3.8, 4) is 10.6 Å². The van der Waals surface area contributed by atoms with Crippen LogP contribution in [0.2, 0.25) is 0 Å². The molecule has 78 valence electrons. The van der Waals surface area contributed by atoms with E-state index in [0.29, 0.717) is 12.2 Å². The van der Waals surface area contributed by atoms with E-state index in [1.165, 1.54) is 0 Å². The van der Waals surface area contributed by atoms with E-state index in [2.05, 4.69) is 16.9 Å². The minimum atomic E-state index is -0.0929. The topological polar surface area (TPSA) is 50.9 Å². The summed E-state index contributed by atoms with van der Waals surface area (Å²) in [7, 11) is 0. The fourth-order valence-electron chi connectivity index (χ4n) is 1.39. The molecule has 0 aliphatic rings. The van der Waals surface area contributed by atoms with E-state index in [4.69, 9.17) is 5.11 Å². The average Bonchev–Trinajstić information content (AvgIpc) is 2.85. The van der Waals surface area contributed by atoms with Gasteiger partial charge in [-0.2, -0.15) is 0 Å². The maximum atomic E-state index is 9.16. The van der Waals surface area contributed by atoms with Crippen LogP contribution in [-0.2, 0) is 13.2 Å². The second kappa shape index (κ2) is 4.37. The predicted molar refractivity (Wildman–Crippen MR) is 59.5 cm³/mol. The molecule has 0 bridgehead atoms. The highest BCUT2D eigenvalue weighted by Gasteiger charge is 2.13. The molecule has 2 aromatic heterocycles. The third-order valence-electron chi connectivity index (χ3n) is 2.01. The van der Waals surface area contributed by atoms with Gasteiger partial charge in [-0.1, -0.05) is 17.4 Å². The van der Waals surface area contributed by atoms with E-state index in [0.717, 1.165) is 10.6 Å². The zero-order valence-corrected chi connectivity index (χ0v) is 8.94. The van der Waals surface area contributed by atoms with E-state index >= 15 is 0 Å². The average molecular weight is 221 g/mol. The molecule has 5 heteroatoms. The van der Waals surface area contributed by atoms with Crippen molar-refractivity contribution >= 4 is 11.3 Å². The molecule has 0 fully saturated rings. The Bertz CT molecular complexity index is 447. The van der Waals surface area contributed by atoms with E-state index < -0.39 is 0 Å². The maximum Gasteiger partial charge on any atom is 0.117 e. The SMILES string of the molecule is C=CCn1nnc(CO)c1-c1cccs1. The summed E-state index contributed by atoms with van der Waals surface area (Å²) in [4.78, 5) is 1.06. The van der Waals surface area contributed by atoms with Crippen molar-refractivity contribution in [3.63, 3.8) is 0 Å². The van der Waals surface area contributed by atoms with Crippen molar-refractivity contribution in [3.05, 3.63) is 35.9 Å². The molecule has 0 radical (unpaired) electrons. The highest BCUT2D eigenvalue weighted by molar-refractivity contribution is 7.13. The Morgan fingerprint density at radius 3 is 3.07 bits per heavy atom. The minimum Gasteiger partial charge on any atom is -0.390 e. The zero-order valence-electron chi connectivity index (χ0n) is 8.13. The lowest BCUT2D eigenvalue weighted by molar-refractivity contribution is 0.277. The lowest BCUT2D eigenvalue weighted by Gasteiger charge is -2.02. The van der Waals surface area contributed by atoms with Crippen molar-refractivity contribution in [2.45, 2.75) is 13.2 Å². The molecule has 0 aromatic carbocycles. The Morgan fingerprint density at radius 2 is 2.47 bits per heavy atom. The van der Waals surface area contributed by atoms with E-state index in [9.17, 15) is 0 Å². The standard InChI is InChI=1S/C10H11N3OS/c1-2-5-13-10(8(7-14)11-12-13)9-4-3-6-15-9/h2-4,6,14H,1,5,7H2. The van der Waals surface area contributed by atoms with Gasteiger partial charge in [0.05, 0.1) is 18.0 Å². The first kappa shape index (κ1) is 10.1. The fourth-order valence-corrected chi connectivity index (χ4v) is 2.18. The number of nitrogens with zero attached hydrogens (tertiary/aromatic N) is 3. The number of aromatic nitrogens is 3. The Kier molecular flexibility index (Phi) is 2.94. The number of hydrogen-bond donors (Lipinski definition) is 1. The number of thiophene rings is 1. The van der Waals surface area contributed by atoms with Crippen LogP contribution in [0.25, 0.3) is 10.6 Å². The van der Waals surface area contributed by atoms with Crippen LogP contribution in [0.3, 0.4) is 0 Å². The van der Waals surface area contributed by atoms with Gasteiger partial charge in [0.1, 0.15) is 11.4 Å². The Labute approximate surface area is 91.5 Å². The van der Waals surface area contributed by atoms with Crippen molar-refractivity contribution in [1.29, 1.82) is 0 Å². The second-order valence-electron chi connectivity index (χ2n) is 2.99. The molecular weight excluding hydrogens is 210 g/mol. The summed E-state index contributed by atoms with van der Waals surface area (Å²) in [5.74, 6) is 0. The molecule has 1 N–H and O–H groups in total. The third-order valence-corrected chi connectivity index (χ3v) is 2.89. The molecule has 2 rings (SSSR count). The first-order chi connectivity index (χ1) is 7.36. The van der Waals surface area contributed by atoms with Crippen LogP contribution in [0.5, 0.6) is 0 Å². The summed E-state index contributed by atoms with van der Waals surface area (Å²) in [6.07, 6.45) is 1.76. The molecule has 0 saturated heterocycles. The first-order valence-corrected chi connectivity index (χ1v) is 5.42. The molecule has 0 atom stereocenters. The molecule has 15 heavy (non-hydrogen) atoms. The Balaban J connectivity index is 2.50. The van der Waals surface area contributed by atoms with Gasteiger partial charge >= 0.3 is 0 Å². The molecule has 0 saturated carbocycles. The summed E-state index contributed by atoms with van der Waals surface area (Å²) in [5, 5.41) is 19.1. The van der Waals surface area contributed by atoms with Gasteiger partial charge < -0.3 is 5.11 Å². The van der Waals surface area contributed by atoms with Gasteiger partial charge in [0.2, 0.25) is 0 Å². The first-order valence-electron chi connectivity index (χ1n) is 4.54. The highest BCUT2D eigenvalue weighted by Crippen LogP contribution is 2.26. The van der Waals surface area contributed by atoms with Crippen LogP contribution in [0.15, 0.2) is 30.2 Å². The number of allylic oxidation sites excluding steroid dienone is 1. The molecule has 0 amide bonds. The van der Waals surface area contributed by atoms with Crippen LogP contribution in [0.4, 0.5) is 0 Å². The maximum absolute atomic E-state index is 9.16. The summed E-state index contributed by atoms with van der Waals surface area (Å²) < 4.78 is 1.74. The van der Waals surface area contributed by atoms with Gasteiger partial charge in [0.15, 0.2) is 0 Å².